The van der Waals surface area contributed by atoms with E-state index in [1.807, 2.05) is 49.4 Å². The molecule has 0 radical (unpaired) electrons. The minimum atomic E-state index is -3.54. The summed E-state index contributed by atoms with van der Waals surface area (Å²) in [5.41, 5.74) is 0.954. The van der Waals surface area contributed by atoms with Gasteiger partial charge in [0.2, 0.25) is 10.0 Å². The molecule has 0 aliphatic carbocycles. The van der Waals surface area contributed by atoms with E-state index < -0.39 is 10.0 Å². The van der Waals surface area contributed by atoms with Crippen LogP contribution in [0.25, 0.3) is 10.8 Å². The summed E-state index contributed by atoms with van der Waals surface area (Å²) in [6.07, 6.45) is 0. The molecule has 0 unspecified atom stereocenters. The lowest BCUT2D eigenvalue weighted by Crippen LogP contribution is -2.26. The predicted octanol–water partition coefficient (Wildman–Crippen LogP) is 4.06. The highest BCUT2D eigenvalue weighted by Gasteiger charge is 2.21. The van der Waals surface area contributed by atoms with Crippen molar-refractivity contribution in [3.05, 3.63) is 72.3 Å². The predicted molar refractivity (Wildman–Crippen MR) is 100 cm³/mol. The number of rotatable bonds is 6. The van der Waals surface area contributed by atoms with Crippen LogP contribution in [0.2, 0.25) is 0 Å². The van der Waals surface area contributed by atoms with E-state index in [4.69, 9.17) is 4.74 Å². The fraction of sp³-hybridized carbons (Fsp3) is 0.200. The molecule has 4 nitrogen and oxygen atoms in total. The van der Waals surface area contributed by atoms with Crippen LogP contribution in [0.4, 0.5) is 0 Å². The topological polar surface area (TPSA) is 46.6 Å². The number of ether oxygens (including phenoxy) is 1. The summed E-state index contributed by atoms with van der Waals surface area (Å²) in [4.78, 5) is 0.263. The van der Waals surface area contributed by atoms with Gasteiger partial charge < -0.3 is 4.74 Å². The van der Waals surface area contributed by atoms with Gasteiger partial charge in [0.15, 0.2) is 0 Å². The molecular formula is C20H21NO3S. The first-order chi connectivity index (χ1) is 12.0. The van der Waals surface area contributed by atoms with Crippen molar-refractivity contribution in [2.45, 2.75) is 18.4 Å². The van der Waals surface area contributed by atoms with Crippen molar-refractivity contribution in [1.82, 2.24) is 4.31 Å². The van der Waals surface area contributed by atoms with Crippen molar-refractivity contribution < 1.29 is 13.2 Å². The third-order valence-electron chi connectivity index (χ3n) is 4.06. The summed E-state index contributed by atoms with van der Waals surface area (Å²) in [6, 6.07) is 20.6. The molecule has 0 amide bonds. The first-order valence-corrected chi connectivity index (χ1v) is 9.61. The van der Waals surface area contributed by atoms with Crippen molar-refractivity contribution >= 4 is 20.8 Å². The lowest BCUT2D eigenvalue weighted by atomic mass is 10.1. The van der Waals surface area contributed by atoms with Crippen LogP contribution in [0.1, 0.15) is 12.5 Å². The van der Waals surface area contributed by atoms with E-state index in [9.17, 15) is 8.42 Å². The molecule has 0 fully saturated rings. The molecule has 0 spiro atoms. The second-order valence-corrected chi connectivity index (χ2v) is 7.89. The molecule has 0 atom stereocenters. The van der Waals surface area contributed by atoms with Gasteiger partial charge in [0.05, 0.1) is 11.5 Å². The monoisotopic (exact) mass is 355 g/mol. The molecule has 0 aromatic heterocycles. The average Bonchev–Trinajstić information content (AvgIpc) is 2.62. The second kappa shape index (κ2) is 7.25. The zero-order chi connectivity index (χ0) is 17.9. The van der Waals surface area contributed by atoms with E-state index >= 15 is 0 Å². The van der Waals surface area contributed by atoms with Crippen molar-refractivity contribution in [1.29, 1.82) is 0 Å². The van der Waals surface area contributed by atoms with Crippen LogP contribution in [0.3, 0.4) is 0 Å². The Morgan fingerprint density at radius 2 is 1.60 bits per heavy atom. The van der Waals surface area contributed by atoms with Crippen LogP contribution in [-0.2, 0) is 16.6 Å². The molecule has 130 valence electrons. The van der Waals surface area contributed by atoms with Gasteiger partial charge in [0.25, 0.3) is 0 Å². The smallest absolute Gasteiger partial charge is 0.243 e. The van der Waals surface area contributed by atoms with Crippen molar-refractivity contribution in [3.63, 3.8) is 0 Å². The lowest BCUT2D eigenvalue weighted by molar-refractivity contribution is 0.340. The number of sulfonamides is 1. The summed E-state index contributed by atoms with van der Waals surface area (Å²) in [7, 11) is -1.95. The Hall–Kier alpha value is -2.37. The van der Waals surface area contributed by atoms with Gasteiger partial charge in [-0.2, -0.15) is 4.31 Å². The van der Waals surface area contributed by atoms with Gasteiger partial charge in [-0.3, -0.25) is 0 Å². The first-order valence-electron chi connectivity index (χ1n) is 8.17. The van der Waals surface area contributed by atoms with Crippen molar-refractivity contribution in [2.75, 3.05) is 13.7 Å². The third kappa shape index (κ3) is 3.83. The Morgan fingerprint density at radius 3 is 2.28 bits per heavy atom. The Kier molecular flexibility index (Phi) is 5.06. The molecule has 3 rings (SSSR count). The number of nitrogens with zero attached hydrogens (tertiary/aromatic N) is 1. The van der Waals surface area contributed by atoms with Crippen LogP contribution in [-0.4, -0.2) is 26.4 Å². The molecule has 3 aromatic carbocycles. The van der Waals surface area contributed by atoms with Crippen molar-refractivity contribution in [3.8, 4) is 5.75 Å². The van der Waals surface area contributed by atoms with E-state index in [0.717, 1.165) is 16.3 Å². The highest BCUT2D eigenvalue weighted by atomic mass is 32.2. The molecular weight excluding hydrogens is 334 g/mol. The Morgan fingerprint density at radius 1 is 0.920 bits per heavy atom. The van der Waals surface area contributed by atoms with Gasteiger partial charge in [-0.15, -0.1) is 0 Å². The third-order valence-corrected chi connectivity index (χ3v) is 5.88. The van der Waals surface area contributed by atoms with Crippen LogP contribution < -0.4 is 4.74 Å². The molecule has 5 heteroatoms. The summed E-state index contributed by atoms with van der Waals surface area (Å²) in [5.74, 6) is 0.665. The lowest BCUT2D eigenvalue weighted by Gasteiger charge is -2.18. The minimum Gasteiger partial charge on any atom is -0.494 e. The van der Waals surface area contributed by atoms with Gasteiger partial charge in [0, 0.05) is 13.6 Å². The maximum absolute atomic E-state index is 12.8. The SMILES string of the molecule is CCOc1ccc(S(=O)(=O)N(C)Cc2ccc3ccccc3c2)cc1. The summed E-state index contributed by atoms with van der Waals surface area (Å²) < 4.78 is 32.2. The molecule has 0 aliphatic rings. The summed E-state index contributed by atoms with van der Waals surface area (Å²) >= 11 is 0. The fourth-order valence-electron chi connectivity index (χ4n) is 2.73. The van der Waals surface area contributed by atoms with Gasteiger partial charge in [-0.05, 0) is 53.6 Å². The minimum absolute atomic E-state index is 0.263. The molecule has 3 aromatic rings. The van der Waals surface area contributed by atoms with Crippen molar-refractivity contribution in [2.24, 2.45) is 0 Å². The van der Waals surface area contributed by atoms with E-state index in [0.29, 0.717) is 18.9 Å². The Labute approximate surface area is 148 Å². The Balaban J connectivity index is 1.81. The zero-order valence-electron chi connectivity index (χ0n) is 14.3. The molecule has 0 heterocycles. The molecule has 0 N–H and O–H groups in total. The highest BCUT2D eigenvalue weighted by Crippen LogP contribution is 2.22. The first kappa shape index (κ1) is 17.5. The summed E-state index contributed by atoms with van der Waals surface area (Å²) in [6.45, 7) is 2.76. The van der Waals surface area contributed by atoms with Crippen LogP contribution in [0, 0.1) is 0 Å². The summed E-state index contributed by atoms with van der Waals surface area (Å²) in [5, 5.41) is 2.25. The quantitative estimate of drug-likeness (QED) is 0.670. The maximum atomic E-state index is 12.8. The van der Waals surface area contributed by atoms with Gasteiger partial charge in [-0.25, -0.2) is 8.42 Å². The highest BCUT2D eigenvalue weighted by molar-refractivity contribution is 7.89. The molecule has 0 bridgehead atoms. The number of hydrogen-bond donors (Lipinski definition) is 0. The zero-order valence-corrected chi connectivity index (χ0v) is 15.2. The van der Waals surface area contributed by atoms with E-state index in [-0.39, 0.29) is 4.90 Å². The number of hydrogen-bond acceptors (Lipinski definition) is 3. The van der Waals surface area contributed by atoms with Crippen LogP contribution >= 0.6 is 0 Å². The maximum Gasteiger partial charge on any atom is 0.243 e. The van der Waals surface area contributed by atoms with Crippen LogP contribution in [0.5, 0.6) is 5.75 Å². The molecule has 0 aliphatic heterocycles. The fourth-order valence-corrected chi connectivity index (χ4v) is 3.89. The molecule has 0 saturated carbocycles. The normalized spacial score (nSPS) is 11.8. The van der Waals surface area contributed by atoms with E-state index in [1.165, 1.54) is 4.31 Å². The van der Waals surface area contributed by atoms with Gasteiger partial charge >= 0.3 is 0 Å². The number of fused-ring (bicyclic) bond motifs is 1. The van der Waals surface area contributed by atoms with E-state index in [1.54, 1.807) is 31.3 Å². The second-order valence-electron chi connectivity index (χ2n) is 5.85. The standard InChI is InChI=1S/C20H21NO3S/c1-3-24-19-10-12-20(13-11-19)25(22,23)21(2)15-16-8-9-17-6-4-5-7-18(17)14-16/h4-14H,3,15H2,1-2H3. The van der Waals surface area contributed by atoms with E-state index in [2.05, 4.69) is 0 Å². The Bertz CT molecular complexity index is 966. The number of benzene rings is 3. The van der Waals surface area contributed by atoms with Gasteiger partial charge in [-0.1, -0.05) is 36.4 Å². The van der Waals surface area contributed by atoms with Gasteiger partial charge in [0.1, 0.15) is 5.75 Å². The van der Waals surface area contributed by atoms with Crippen LogP contribution in [0.15, 0.2) is 71.6 Å². The molecule has 0 saturated heterocycles. The average molecular weight is 355 g/mol. The molecule has 25 heavy (non-hydrogen) atoms. The largest absolute Gasteiger partial charge is 0.494 e.